The molecule has 1 aromatic carbocycles. The molecule has 7 heteroatoms. The lowest BCUT2D eigenvalue weighted by molar-refractivity contribution is 0.0519. The summed E-state index contributed by atoms with van der Waals surface area (Å²) in [6, 6.07) is 4.29. The molecular weight excluding hydrogens is 267 g/mol. The second kappa shape index (κ2) is 6.05. The maximum absolute atomic E-state index is 13.3. The fourth-order valence-corrected chi connectivity index (χ4v) is 1.49. The van der Waals surface area contributed by atoms with Crippen molar-refractivity contribution in [2.24, 2.45) is 0 Å². The molecule has 1 heterocycles. The van der Waals surface area contributed by atoms with E-state index in [0.29, 0.717) is 5.69 Å². The SMILES string of the molecule is CCOC(=O)c1coc(Nc2ccc(F)c(OC)c2)n1. The largest absolute Gasteiger partial charge is 0.494 e. The zero-order chi connectivity index (χ0) is 14.5. The van der Waals surface area contributed by atoms with Gasteiger partial charge in [-0.25, -0.2) is 9.18 Å². The lowest BCUT2D eigenvalue weighted by Gasteiger charge is -2.05. The lowest BCUT2D eigenvalue weighted by Crippen LogP contribution is -2.05. The molecule has 0 fully saturated rings. The van der Waals surface area contributed by atoms with Gasteiger partial charge in [-0.1, -0.05) is 0 Å². The van der Waals surface area contributed by atoms with Gasteiger partial charge in [0.2, 0.25) is 0 Å². The first-order chi connectivity index (χ1) is 9.63. The first-order valence-corrected chi connectivity index (χ1v) is 5.87. The van der Waals surface area contributed by atoms with Crippen LogP contribution >= 0.6 is 0 Å². The van der Waals surface area contributed by atoms with E-state index < -0.39 is 11.8 Å². The molecule has 2 rings (SSSR count). The van der Waals surface area contributed by atoms with Gasteiger partial charge >= 0.3 is 5.97 Å². The zero-order valence-corrected chi connectivity index (χ0v) is 11.0. The minimum Gasteiger partial charge on any atom is -0.494 e. The van der Waals surface area contributed by atoms with Gasteiger partial charge in [-0.05, 0) is 19.1 Å². The third kappa shape index (κ3) is 3.05. The molecule has 0 saturated heterocycles. The van der Waals surface area contributed by atoms with Crippen molar-refractivity contribution in [2.75, 3.05) is 19.0 Å². The van der Waals surface area contributed by atoms with Gasteiger partial charge in [0.15, 0.2) is 17.3 Å². The van der Waals surface area contributed by atoms with E-state index >= 15 is 0 Å². The second-order valence-electron chi connectivity index (χ2n) is 3.73. The van der Waals surface area contributed by atoms with E-state index in [9.17, 15) is 9.18 Å². The summed E-state index contributed by atoms with van der Waals surface area (Å²) in [6.07, 6.45) is 1.18. The van der Waals surface area contributed by atoms with Crippen LogP contribution in [-0.4, -0.2) is 24.7 Å². The van der Waals surface area contributed by atoms with E-state index in [1.165, 1.54) is 31.6 Å². The molecule has 0 atom stereocenters. The second-order valence-corrected chi connectivity index (χ2v) is 3.73. The van der Waals surface area contributed by atoms with Crippen LogP contribution in [0.2, 0.25) is 0 Å². The Kier molecular flexibility index (Phi) is 4.19. The highest BCUT2D eigenvalue weighted by Gasteiger charge is 2.13. The fraction of sp³-hybridized carbons (Fsp3) is 0.231. The summed E-state index contributed by atoms with van der Waals surface area (Å²) in [4.78, 5) is 15.3. The van der Waals surface area contributed by atoms with Crippen LogP contribution < -0.4 is 10.1 Å². The van der Waals surface area contributed by atoms with E-state index in [1.54, 1.807) is 6.92 Å². The van der Waals surface area contributed by atoms with E-state index in [1.807, 2.05) is 0 Å². The number of anilines is 2. The van der Waals surface area contributed by atoms with Gasteiger partial charge in [0.05, 0.1) is 13.7 Å². The number of hydrogen-bond donors (Lipinski definition) is 1. The maximum Gasteiger partial charge on any atom is 0.360 e. The number of carbonyl (C=O) groups is 1. The summed E-state index contributed by atoms with van der Waals surface area (Å²) in [5.41, 5.74) is 0.573. The van der Waals surface area contributed by atoms with E-state index in [2.05, 4.69) is 10.3 Å². The Bertz CT molecular complexity index is 612. The van der Waals surface area contributed by atoms with Crippen molar-refractivity contribution in [3.63, 3.8) is 0 Å². The number of esters is 1. The maximum atomic E-state index is 13.3. The van der Waals surface area contributed by atoms with Crippen molar-refractivity contribution in [3.8, 4) is 5.75 Å². The lowest BCUT2D eigenvalue weighted by atomic mass is 10.3. The first-order valence-electron chi connectivity index (χ1n) is 5.87. The number of nitrogens with zero attached hydrogens (tertiary/aromatic N) is 1. The summed E-state index contributed by atoms with van der Waals surface area (Å²) in [5, 5.41) is 2.79. The molecular formula is C13H13FN2O4. The Labute approximate surface area is 114 Å². The van der Waals surface area contributed by atoms with Crippen LogP contribution in [-0.2, 0) is 4.74 Å². The first kappa shape index (κ1) is 13.9. The van der Waals surface area contributed by atoms with Crippen LogP contribution in [0, 0.1) is 5.82 Å². The molecule has 20 heavy (non-hydrogen) atoms. The number of halogens is 1. The fourth-order valence-electron chi connectivity index (χ4n) is 1.49. The van der Waals surface area contributed by atoms with Crippen molar-refractivity contribution < 1.29 is 23.1 Å². The molecule has 1 aromatic heterocycles. The number of carbonyl (C=O) groups excluding carboxylic acids is 1. The molecule has 0 saturated carbocycles. The number of oxazole rings is 1. The average Bonchev–Trinajstić information content (AvgIpc) is 2.90. The Balaban J connectivity index is 2.12. The third-order valence-electron chi connectivity index (χ3n) is 2.39. The van der Waals surface area contributed by atoms with E-state index in [-0.39, 0.29) is 24.1 Å². The summed E-state index contributed by atoms with van der Waals surface area (Å²) < 4.78 is 28.0. The molecule has 0 unspecified atom stereocenters. The topological polar surface area (TPSA) is 73.6 Å². The van der Waals surface area contributed by atoms with Gasteiger partial charge in [-0.3, -0.25) is 0 Å². The highest BCUT2D eigenvalue weighted by atomic mass is 19.1. The summed E-state index contributed by atoms with van der Waals surface area (Å²) >= 11 is 0. The van der Waals surface area contributed by atoms with Crippen molar-refractivity contribution in [1.29, 1.82) is 0 Å². The van der Waals surface area contributed by atoms with Crippen LogP contribution in [0.5, 0.6) is 5.75 Å². The number of nitrogens with one attached hydrogen (secondary N) is 1. The number of aromatic nitrogens is 1. The number of methoxy groups -OCH3 is 1. The Morgan fingerprint density at radius 1 is 1.50 bits per heavy atom. The Hall–Kier alpha value is -2.57. The van der Waals surface area contributed by atoms with E-state index in [4.69, 9.17) is 13.9 Å². The third-order valence-corrected chi connectivity index (χ3v) is 2.39. The minimum atomic E-state index is -0.569. The smallest absolute Gasteiger partial charge is 0.360 e. The number of ether oxygens (including phenoxy) is 2. The van der Waals surface area contributed by atoms with Crippen LogP contribution in [0.1, 0.15) is 17.4 Å². The average molecular weight is 280 g/mol. The Morgan fingerprint density at radius 3 is 3.00 bits per heavy atom. The quantitative estimate of drug-likeness (QED) is 0.849. The molecule has 2 aromatic rings. The molecule has 0 aliphatic rings. The van der Waals surface area contributed by atoms with Gasteiger partial charge in [-0.15, -0.1) is 0 Å². The predicted octanol–water partition coefficient (Wildman–Crippen LogP) is 2.74. The number of hydrogen-bond acceptors (Lipinski definition) is 6. The van der Waals surface area contributed by atoms with Gasteiger partial charge in [-0.2, -0.15) is 4.98 Å². The summed E-state index contributed by atoms with van der Waals surface area (Å²) in [5.74, 6) is -0.953. The highest BCUT2D eigenvalue weighted by Crippen LogP contribution is 2.24. The normalized spacial score (nSPS) is 10.2. The van der Waals surface area contributed by atoms with Crippen molar-refractivity contribution in [2.45, 2.75) is 6.92 Å². The molecule has 0 bridgehead atoms. The predicted molar refractivity (Wildman–Crippen MR) is 68.7 cm³/mol. The Morgan fingerprint density at radius 2 is 2.30 bits per heavy atom. The zero-order valence-electron chi connectivity index (χ0n) is 11.0. The van der Waals surface area contributed by atoms with Crippen LogP contribution in [0.25, 0.3) is 0 Å². The van der Waals surface area contributed by atoms with E-state index in [0.717, 1.165) is 0 Å². The number of benzene rings is 1. The highest BCUT2D eigenvalue weighted by molar-refractivity contribution is 5.87. The molecule has 0 aliphatic heterocycles. The van der Waals surface area contributed by atoms with Crippen LogP contribution in [0.3, 0.4) is 0 Å². The summed E-state index contributed by atoms with van der Waals surface area (Å²) in [6.45, 7) is 1.95. The van der Waals surface area contributed by atoms with Crippen LogP contribution in [0.15, 0.2) is 28.9 Å². The van der Waals surface area contributed by atoms with Crippen LogP contribution in [0.4, 0.5) is 16.1 Å². The van der Waals surface area contributed by atoms with Gasteiger partial charge in [0.1, 0.15) is 6.26 Å². The van der Waals surface area contributed by atoms with Crippen molar-refractivity contribution >= 4 is 17.7 Å². The minimum absolute atomic E-state index is 0.0587. The molecule has 6 nitrogen and oxygen atoms in total. The number of rotatable bonds is 5. The van der Waals surface area contributed by atoms with Gasteiger partial charge in [0, 0.05) is 11.8 Å². The molecule has 0 aliphatic carbocycles. The molecule has 0 radical (unpaired) electrons. The molecule has 106 valence electrons. The molecule has 1 N–H and O–H groups in total. The monoisotopic (exact) mass is 280 g/mol. The summed E-state index contributed by atoms with van der Waals surface area (Å²) in [7, 11) is 1.37. The molecule has 0 spiro atoms. The standard InChI is InChI=1S/C13H13FN2O4/c1-3-19-12(17)10-7-20-13(16-10)15-8-4-5-9(14)11(6-8)18-2/h4-7H,3H2,1-2H3,(H,15,16). The molecule has 0 amide bonds. The van der Waals surface area contributed by atoms with Gasteiger partial charge < -0.3 is 19.2 Å². The van der Waals surface area contributed by atoms with Crippen molar-refractivity contribution in [3.05, 3.63) is 36.0 Å². The van der Waals surface area contributed by atoms with Crippen molar-refractivity contribution in [1.82, 2.24) is 4.98 Å². The van der Waals surface area contributed by atoms with Gasteiger partial charge in [0.25, 0.3) is 6.01 Å².